The lowest BCUT2D eigenvalue weighted by molar-refractivity contribution is -0.384. The van der Waals surface area contributed by atoms with Crippen molar-refractivity contribution in [3.8, 4) is 0 Å². The van der Waals surface area contributed by atoms with Crippen LogP contribution < -0.4 is 10.9 Å². The second kappa shape index (κ2) is 9.34. The van der Waals surface area contributed by atoms with Gasteiger partial charge in [-0.2, -0.15) is 0 Å². The zero-order chi connectivity index (χ0) is 18.2. The summed E-state index contributed by atoms with van der Waals surface area (Å²) in [5, 5.41) is 18.6. The van der Waals surface area contributed by atoms with Gasteiger partial charge < -0.3 is 0 Å². The van der Waals surface area contributed by atoms with Gasteiger partial charge in [0.1, 0.15) is 0 Å². The number of thioether (sulfide) groups is 2. The minimum absolute atomic E-state index is 0.0562. The highest BCUT2D eigenvalue weighted by Gasteiger charge is 2.13. The SMILES string of the molecule is CCSc1nnc(SCC(=O)NNC(=O)c2cccc([N+](=O)[O-])c2)s1. The van der Waals surface area contributed by atoms with E-state index in [1.54, 1.807) is 11.8 Å². The number of nitro benzene ring substituents is 1. The maximum absolute atomic E-state index is 11.9. The minimum Gasteiger partial charge on any atom is -0.272 e. The van der Waals surface area contributed by atoms with E-state index in [2.05, 4.69) is 21.0 Å². The number of hydrogen-bond donors (Lipinski definition) is 2. The lowest BCUT2D eigenvalue weighted by atomic mass is 10.2. The largest absolute Gasteiger partial charge is 0.272 e. The number of hydrogen-bond acceptors (Lipinski definition) is 9. The number of rotatable bonds is 7. The number of carbonyl (C=O) groups is 2. The first kappa shape index (κ1) is 19.1. The summed E-state index contributed by atoms with van der Waals surface area (Å²) in [7, 11) is 0. The van der Waals surface area contributed by atoms with E-state index in [0.717, 1.165) is 16.2 Å². The third-order valence-electron chi connectivity index (χ3n) is 2.62. The Balaban J connectivity index is 1.79. The smallest absolute Gasteiger partial charge is 0.270 e. The lowest BCUT2D eigenvalue weighted by Gasteiger charge is -2.06. The van der Waals surface area contributed by atoms with E-state index in [0.29, 0.717) is 4.34 Å². The zero-order valence-electron chi connectivity index (χ0n) is 12.9. The third kappa shape index (κ3) is 5.99. The van der Waals surface area contributed by atoms with Crippen LogP contribution >= 0.6 is 34.9 Å². The highest BCUT2D eigenvalue weighted by atomic mass is 32.2. The Hall–Kier alpha value is -2.18. The van der Waals surface area contributed by atoms with Crippen LogP contribution in [0.5, 0.6) is 0 Å². The number of nitrogens with zero attached hydrogens (tertiary/aromatic N) is 3. The molecule has 0 aliphatic carbocycles. The Morgan fingerprint density at radius 3 is 2.64 bits per heavy atom. The molecule has 0 atom stereocenters. The highest BCUT2D eigenvalue weighted by Crippen LogP contribution is 2.28. The Morgan fingerprint density at radius 1 is 1.24 bits per heavy atom. The summed E-state index contributed by atoms with van der Waals surface area (Å²) in [4.78, 5) is 33.7. The fourth-order valence-electron chi connectivity index (χ4n) is 1.56. The minimum atomic E-state index is -0.639. The van der Waals surface area contributed by atoms with Crippen LogP contribution in [-0.4, -0.2) is 38.4 Å². The van der Waals surface area contributed by atoms with Gasteiger partial charge in [0.05, 0.1) is 10.7 Å². The molecule has 0 spiro atoms. The zero-order valence-corrected chi connectivity index (χ0v) is 15.4. The van der Waals surface area contributed by atoms with E-state index in [1.165, 1.54) is 41.3 Å². The molecular weight excluding hydrogens is 386 g/mol. The van der Waals surface area contributed by atoms with E-state index < -0.39 is 16.7 Å². The predicted octanol–water partition coefficient (Wildman–Crippen LogP) is 2.11. The average Bonchev–Trinajstić information content (AvgIpc) is 3.06. The van der Waals surface area contributed by atoms with Crippen molar-refractivity contribution in [3.05, 3.63) is 39.9 Å². The van der Waals surface area contributed by atoms with Gasteiger partial charge in [-0.15, -0.1) is 10.2 Å². The number of benzene rings is 1. The molecule has 0 unspecified atom stereocenters. The molecule has 25 heavy (non-hydrogen) atoms. The third-order valence-corrected chi connectivity index (χ3v) is 5.69. The van der Waals surface area contributed by atoms with Crippen molar-refractivity contribution in [1.29, 1.82) is 0 Å². The summed E-state index contributed by atoms with van der Waals surface area (Å²) in [6.07, 6.45) is 0. The molecule has 2 rings (SSSR count). The van der Waals surface area contributed by atoms with E-state index in [4.69, 9.17) is 0 Å². The Labute approximate surface area is 155 Å². The number of amides is 2. The van der Waals surface area contributed by atoms with Gasteiger partial charge in [0.2, 0.25) is 5.91 Å². The predicted molar refractivity (Wildman–Crippen MR) is 95.7 cm³/mol. The maximum Gasteiger partial charge on any atom is 0.270 e. The standard InChI is InChI=1S/C13H13N5O4S3/c1-2-23-12-16-17-13(25-12)24-7-10(19)14-15-11(20)8-4-3-5-9(6-8)18(21)22/h3-6H,2,7H2,1H3,(H,14,19)(H,15,20). The fourth-order valence-corrected chi connectivity index (χ4v) is 4.28. The van der Waals surface area contributed by atoms with Crippen LogP contribution in [0, 0.1) is 10.1 Å². The molecule has 1 aromatic heterocycles. The van der Waals surface area contributed by atoms with Crippen LogP contribution in [0.2, 0.25) is 0 Å². The highest BCUT2D eigenvalue weighted by molar-refractivity contribution is 8.03. The van der Waals surface area contributed by atoms with Gasteiger partial charge in [0, 0.05) is 17.7 Å². The number of carbonyl (C=O) groups excluding carboxylic acids is 2. The van der Waals surface area contributed by atoms with Crippen molar-refractivity contribution in [3.63, 3.8) is 0 Å². The van der Waals surface area contributed by atoms with Crippen LogP contribution in [0.25, 0.3) is 0 Å². The number of nitrogens with one attached hydrogen (secondary N) is 2. The van der Waals surface area contributed by atoms with Crippen molar-refractivity contribution in [2.75, 3.05) is 11.5 Å². The van der Waals surface area contributed by atoms with Crippen LogP contribution in [0.1, 0.15) is 17.3 Å². The Morgan fingerprint density at radius 2 is 1.96 bits per heavy atom. The Kier molecular flexibility index (Phi) is 7.16. The van der Waals surface area contributed by atoms with Gasteiger partial charge in [0.25, 0.3) is 11.6 Å². The van der Waals surface area contributed by atoms with Gasteiger partial charge in [0.15, 0.2) is 8.68 Å². The molecule has 2 N–H and O–H groups in total. The lowest BCUT2D eigenvalue weighted by Crippen LogP contribution is -2.42. The maximum atomic E-state index is 11.9. The molecule has 0 aliphatic heterocycles. The van der Waals surface area contributed by atoms with Gasteiger partial charge in [-0.05, 0) is 11.8 Å². The molecule has 0 saturated heterocycles. The van der Waals surface area contributed by atoms with Gasteiger partial charge >= 0.3 is 0 Å². The second-order valence-electron chi connectivity index (χ2n) is 4.37. The molecule has 1 heterocycles. The van der Waals surface area contributed by atoms with E-state index in [1.807, 2.05) is 6.92 Å². The van der Waals surface area contributed by atoms with Crippen LogP contribution in [0.15, 0.2) is 32.9 Å². The number of nitro groups is 1. The molecule has 0 aliphatic rings. The number of aromatic nitrogens is 2. The first-order valence-corrected chi connectivity index (χ1v) is 9.71. The average molecular weight is 399 g/mol. The summed E-state index contributed by atoms with van der Waals surface area (Å²) < 4.78 is 1.50. The van der Waals surface area contributed by atoms with Crippen LogP contribution in [0.4, 0.5) is 5.69 Å². The Bertz CT molecular complexity index is 783. The first-order chi connectivity index (χ1) is 12.0. The second-order valence-corrected chi connectivity index (χ2v) is 8.08. The van der Waals surface area contributed by atoms with Crippen molar-refractivity contribution in [1.82, 2.24) is 21.0 Å². The number of hydrazine groups is 1. The molecule has 9 nitrogen and oxygen atoms in total. The quantitative estimate of drug-likeness (QED) is 0.412. The summed E-state index contributed by atoms with van der Waals surface area (Å²) in [6.45, 7) is 2.01. The number of non-ortho nitro benzene ring substituents is 1. The van der Waals surface area contributed by atoms with Crippen LogP contribution in [-0.2, 0) is 4.79 Å². The van der Waals surface area contributed by atoms with Crippen molar-refractivity contribution >= 4 is 52.4 Å². The molecule has 0 fully saturated rings. The van der Waals surface area contributed by atoms with Crippen LogP contribution in [0.3, 0.4) is 0 Å². The summed E-state index contributed by atoms with van der Waals surface area (Å²) >= 11 is 4.18. The molecule has 0 saturated carbocycles. The van der Waals surface area contributed by atoms with Gasteiger partial charge in [-0.3, -0.25) is 30.6 Å². The van der Waals surface area contributed by atoms with Crippen molar-refractivity contribution in [2.45, 2.75) is 15.6 Å². The molecule has 132 valence electrons. The topological polar surface area (TPSA) is 127 Å². The van der Waals surface area contributed by atoms with Gasteiger partial charge in [-0.25, -0.2) is 0 Å². The van der Waals surface area contributed by atoms with E-state index in [-0.39, 0.29) is 17.0 Å². The van der Waals surface area contributed by atoms with E-state index in [9.17, 15) is 19.7 Å². The summed E-state index contributed by atoms with van der Waals surface area (Å²) in [6, 6.07) is 5.22. The molecule has 2 aromatic rings. The first-order valence-electron chi connectivity index (χ1n) is 6.92. The molecule has 1 aromatic carbocycles. The molecular formula is C13H13N5O4S3. The van der Waals surface area contributed by atoms with E-state index >= 15 is 0 Å². The van der Waals surface area contributed by atoms with Crippen molar-refractivity contribution in [2.24, 2.45) is 0 Å². The molecule has 2 amide bonds. The fraction of sp³-hybridized carbons (Fsp3) is 0.231. The summed E-state index contributed by atoms with van der Waals surface area (Å²) in [5.74, 6) is -0.118. The van der Waals surface area contributed by atoms with Gasteiger partial charge in [-0.1, -0.05) is 47.9 Å². The molecule has 12 heteroatoms. The monoisotopic (exact) mass is 399 g/mol. The normalized spacial score (nSPS) is 10.3. The van der Waals surface area contributed by atoms with Crippen molar-refractivity contribution < 1.29 is 14.5 Å². The molecule has 0 bridgehead atoms. The summed E-state index contributed by atoms with van der Waals surface area (Å²) in [5.41, 5.74) is 4.34. The molecule has 0 radical (unpaired) electrons.